The molecule has 1 atom stereocenters. The lowest BCUT2D eigenvalue weighted by Crippen LogP contribution is -2.40. The number of nitrogens with zero attached hydrogens (tertiary/aromatic N) is 3. The highest BCUT2D eigenvalue weighted by molar-refractivity contribution is 6.39. The van der Waals surface area contributed by atoms with Crippen molar-refractivity contribution < 1.29 is 19.8 Å². The van der Waals surface area contributed by atoms with Gasteiger partial charge in [-0.05, 0) is 60.0 Å². The molecule has 0 aliphatic rings. The highest BCUT2D eigenvalue weighted by Crippen LogP contribution is 2.26. The molecule has 1 unspecified atom stereocenters. The minimum absolute atomic E-state index is 0.0332. The lowest BCUT2D eigenvalue weighted by molar-refractivity contribution is -0.139. The van der Waals surface area contributed by atoms with Crippen molar-refractivity contribution in [1.82, 2.24) is 15.3 Å². The van der Waals surface area contributed by atoms with Crippen molar-refractivity contribution in [2.75, 3.05) is 4.90 Å². The van der Waals surface area contributed by atoms with Gasteiger partial charge >= 0.3 is 5.97 Å². The van der Waals surface area contributed by atoms with E-state index < -0.39 is 17.9 Å². The quantitative estimate of drug-likeness (QED) is 0.213. The molecule has 0 radical (unpaired) electrons. The monoisotopic (exact) mass is 562 g/mol. The second-order valence-electron chi connectivity index (χ2n) is 8.49. The zero-order valence-electron chi connectivity index (χ0n) is 20.5. The number of nitrogens with one attached hydrogen (secondary N) is 1. The van der Waals surface area contributed by atoms with Gasteiger partial charge in [0.05, 0.1) is 22.2 Å². The molecule has 1 heterocycles. The number of anilines is 2. The van der Waals surface area contributed by atoms with Gasteiger partial charge in [0.2, 0.25) is 5.95 Å². The van der Waals surface area contributed by atoms with Crippen LogP contribution in [0.3, 0.4) is 0 Å². The number of phenolic OH excluding ortho intramolecular Hbond substituents is 1. The Morgan fingerprint density at radius 3 is 2.18 bits per heavy atom. The molecule has 198 valence electrons. The number of aliphatic carboxylic acids is 1. The number of carbonyl (C=O) groups is 2. The van der Waals surface area contributed by atoms with Gasteiger partial charge in [0.25, 0.3) is 5.91 Å². The molecule has 4 aromatic rings. The Bertz CT molecular complexity index is 1440. The molecule has 0 bridgehead atoms. The average molecular weight is 563 g/mol. The van der Waals surface area contributed by atoms with Gasteiger partial charge in [0.1, 0.15) is 11.8 Å². The van der Waals surface area contributed by atoms with E-state index in [9.17, 15) is 19.8 Å². The molecule has 3 N–H and O–H groups in total. The molecular weight excluding hydrogens is 539 g/mol. The summed E-state index contributed by atoms with van der Waals surface area (Å²) in [4.78, 5) is 35.1. The van der Waals surface area contributed by atoms with Crippen LogP contribution in [0.15, 0.2) is 91.3 Å². The molecule has 0 spiro atoms. The van der Waals surface area contributed by atoms with Gasteiger partial charge in [-0.15, -0.1) is 0 Å². The minimum atomic E-state index is -1.18. The van der Waals surface area contributed by atoms with E-state index in [0.29, 0.717) is 12.5 Å². The van der Waals surface area contributed by atoms with E-state index in [1.165, 1.54) is 12.1 Å². The number of phenols is 1. The van der Waals surface area contributed by atoms with Crippen LogP contribution in [-0.4, -0.2) is 38.1 Å². The summed E-state index contributed by atoms with van der Waals surface area (Å²) < 4.78 is 0. The van der Waals surface area contributed by atoms with Crippen LogP contribution in [0.2, 0.25) is 10.0 Å². The van der Waals surface area contributed by atoms with Crippen molar-refractivity contribution >= 4 is 52.8 Å². The largest absolute Gasteiger partial charge is 0.508 e. The molecule has 1 aromatic heterocycles. The molecule has 0 saturated carbocycles. The third kappa shape index (κ3) is 7.34. The Balaban J connectivity index is 1.46. The van der Waals surface area contributed by atoms with Crippen molar-refractivity contribution in [1.29, 1.82) is 0 Å². The van der Waals surface area contributed by atoms with Gasteiger partial charge in [0.15, 0.2) is 0 Å². The Kier molecular flexibility index (Phi) is 9.14. The molecule has 4 rings (SSSR count). The van der Waals surface area contributed by atoms with Crippen LogP contribution >= 0.6 is 23.2 Å². The lowest BCUT2D eigenvalue weighted by atomic mass is 10.1. The molecule has 8 nitrogen and oxygen atoms in total. The Morgan fingerprint density at radius 2 is 1.56 bits per heavy atom. The fourth-order valence-electron chi connectivity index (χ4n) is 3.76. The summed E-state index contributed by atoms with van der Waals surface area (Å²) in [6.45, 7) is 0.481. The molecule has 39 heavy (non-hydrogen) atoms. The number of rotatable bonds is 10. The third-order valence-electron chi connectivity index (χ3n) is 5.75. The first-order valence-corrected chi connectivity index (χ1v) is 12.6. The third-order valence-corrected chi connectivity index (χ3v) is 6.38. The second kappa shape index (κ2) is 12.9. The van der Waals surface area contributed by atoms with E-state index in [1.54, 1.807) is 48.8 Å². The van der Waals surface area contributed by atoms with Crippen LogP contribution < -0.4 is 10.2 Å². The normalized spacial score (nSPS) is 11.7. The van der Waals surface area contributed by atoms with E-state index in [-0.39, 0.29) is 27.8 Å². The van der Waals surface area contributed by atoms with Crippen molar-refractivity contribution in [3.05, 3.63) is 118 Å². The van der Waals surface area contributed by atoms with Crippen LogP contribution in [-0.2, 0) is 11.3 Å². The fraction of sp³-hybridized carbons (Fsp3) is 0.103. The number of aromatic nitrogens is 2. The van der Waals surface area contributed by atoms with Gasteiger partial charge in [-0.25, -0.2) is 14.8 Å². The standard InChI is InChI=1S/C29H24Cl2N4O4/c30-23-5-2-6-24(31)26(23)27(37)34-25(28(38)39)7-1-4-19-8-12-21(13-9-19)35(29-32-16-3-17-33-29)18-20-10-14-22(36)15-11-20/h1-6,8-17,25,36H,7,18H2,(H,34,37)(H,38,39)/b4-1+. The van der Waals surface area contributed by atoms with E-state index >= 15 is 0 Å². The number of benzene rings is 3. The number of amides is 1. The second-order valence-corrected chi connectivity index (χ2v) is 9.31. The van der Waals surface area contributed by atoms with E-state index in [1.807, 2.05) is 41.3 Å². The van der Waals surface area contributed by atoms with Crippen LogP contribution in [0.25, 0.3) is 6.08 Å². The van der Waals surface area contributed by atoms with Crippen molar-refractivity contribution in [2.24, 2.45) is 0 Å². The minimum Gasteiger partial charge on any atom is -0.508 e. The number of hydrogen-bond donors (Lipinski definition) is 3. The molecule has 1 amide bonds. The number of hydrogen-bond acceptors (Lipinski definition) is 6. The van der Waals surface area contributed by atoms with E-state index in [0.717, 1.165) is 16.8 Å². The van der Waals surface area contributed by atoms with Gasteiger partial charge in [0, 0.05) is 18.1 Å². The zero-order chi connectivity index (χ0) is 27.8. The summed E-state index contributed by atoms with van der Waals surface area (Å²) in [5.41, 5.74) is 2.68. The highest BCUT2D eigenvalue weighted by Gasteiger charge is 2.22. The predicted molar refractivity (Wildman–Crippen MR) is 151 cm³/mol. The van der Waals surface area contributed by atoms with Gasteiger partial charge in [-0.3, -0.25) is 4.79 Å². The number of aromatic hydroxyl groups is 1. The fourth-order valence-corrected chi connectivity index (χ4v) is 4.33. The molecule has 3 aromatic carbocycles. The van der Waals surface area contributed by atoms with Gasteiger partial charge in [-0.1, -0.05) is 65.7 Å². The molecule has 10 heteroatoms. The van der Waals surface area contributed by atoms with Crippen molar-refractivity contribution in [2.45, 2.75) is 19.0 Å². The molecule has 0 aliphatic heterocycles. The van der Waals surface area contributed by atoms with Crippen LogP contribution in [0, 0.1) is 0 Å². The summed E-state index contributed by atoms with van der Waals surface area (Å²) in [6, 6.07) is 19.7. The van der Waals surface area contributed by atoms with Crippen molar-refractivity contribution in [3.63, 3.8) is 0 Å². The summed E-state index contributed by atoms with van der Waals surface area (Å²) in [7, 11) is 0. The van der Waals surface area contributed by atoms with E-state index in [2.05, 4.69) is 15.3 Å². The maximum atomic E-state index is 12.6. The van der Waals surface area contributed by atoms with Crippen LogP contribution in [0.4, 0.5) is 11.6 Å². The molecule has 0 saturated heterocycles. The maximum Gasteiger partial charge on any atom is 0.326 e. The zero-order valence-corrected chi connectivity index (χ0v) is 22.0. The average Bonchev–Trinajstić information content (AvgIpc) is 2.93. The van der Waals surface area contributed by atoms with E-state index in [4.69, 9.17) is 23.2 Å². The summed E-state index contributed by atoms with van der Waals surface area (Å²) in [5.74, 6) is -1.13. The summed E-state index contributed by atoms with van der Waals surface area (Å²) in [6.07, 6.45) is 6.84. The Hall–Kier alpha value is -4.40. The lowest BCUT2D eigenvalue weighted by Gasteiger charge is -2.23. The first kappa shape index (κ1) is 27.6. The van der Waals surface area contributed by atoms with Gasteiger partial charge < -0.3 is 20.4 Å². The summed E-state index contributed by atoms with van der Waals surface area (Å²) >= 11 is 12.1. The SMILES string of the molecule is O=C(NC(C/C=C/c1ccc(N(Cc2ccc(O)cc2)c2ncccn2)cc1)C(=O)O)c1c(Cl)cccc1Cl. The van der Waals surface area contributed by atoms with Gasteiger partial charge in [-0.2, -0.15) is 0 Å². The summed E-state index contributed by atoms with van der Waals surface area (Å²) in [5, 5.41) is 22.0. The Labute approximate surface area is 235 Å². The van der Waals surface area contributed by atoms with Crippen molar-refractivity contribution in [3.8, 4) is 5.75 Å². The van der Waals surface area contributed by atoms with Crippen LogP contribution in [0.5, 0.6) is 5.75 Å². The molecular formula is C29H24Cl2N4O4. The number of carboxylic acids is 1. The van der Waals surface area contributed by atoms with Crippen LogP contribution in [0.1, 0.15) is 27.9 Å². The Morgan fingerprint density at radius 1 is 0.923 bits per heavy atom. The number of halogens is 2. The first-order chi connectivity index (χ1) is 18.8. The predicted octanol–water partition coefficient (Wildman–Crippen LogP) is 6.11. The molecule has 0 fully saturated rings. The maximum absolute atomic E-state index is 12.6. The highest BCUT2D eigenvalue weighted by atomic mass is 35.5. The number of carbonyl (C=O) groups excluding carboxylic acids is 1. The molecule has 0 aliphatic carbocycles. The number of carboxylic acid groups (broad SMARTS) is 1. The first-order valence-electron chi connectivity index (χ1n) is 11.9. The smallest absolute Gasteiger partial charge is 0.326 e. The topological polar surface area (TPSA) is 116 Å².